The highest BCUT2D eigenvalue weighted by Gasteiger charge is 2.23. The third-order valence-corrected chi connectivity index (χ3v) is 2.18. The Bertz CT molecular complexity index is 123. The van der Waals surface area contributed by atoms with E-state index in [9.17, 15) is 4.79 Å². The Morgan fingerprint density at radius 1 is 1.64 bits per heavy atom. The minimum atomic E-state index is 0.178. The molecule has 0 aliphatic carbocycles. The lowest BCUT2D eigenvalue weighted by atomic mass is 10.0. The van der Waals surface area contributed by atoms with E-state index in [0.29, 0.717) is 12.7 Å². The molecule has 0 aromatic rings. The van der Waals surface area contributed by atoms with Gasteiger partial charge in [-0.1, -0.05) is 19.8 Å². The van der Waals surface area contributed by atoms with Gasteiger partial charge >= 0.3 is 0 Å². The van der Waals surface area contributed by atoms with Gasteiger partial charge in [0, 0.05) is 5.92 Å². The molecule has 1 heterocycles. The SMILES string of the molecule is CCCCC1CC(C=O)CO1. The standard InChI is InChI=1S/C9H16O2/c1-2-3-4-9-5-8(6-10)7-11-9/h6,8-9H,2-5,7H2,1H3. The summed E-state index contributed by atoms with van der Waals surface area (Å²) in [5.74, 6) is 0.178. The van der Waals surface area contributed by atoms with Crippen LogP contribution in [0.25, 0.3) is 0 Å². The molecule has 0 aromatic carbocycles. The topological polar surface area (TPSA) is 26.3 Å². The smallest absolute Gasteiger partial charge is 0.125 e. The number of aldehydes is 1. The number of hydrogen-bond donors (Lipinski definition) is 0. The van der Waals surface area contributed by atoms with E-state index in [1.807, 2.05) is 0 Å². The van der Waals surface area contributed by atoms with Gasteiger partial charge < -0.3 is 9.53 Å². The van der Waals surface area contributed by atoms with Crippen molar-refractivity contribution in [2.24, 2.45) is 5.92 Å². The number of ether oxygens (including phenoxy) is 1. The lowest BCUT2D eigenvalue weighted by molar-refractivity contribution is -0.111. The first-order valence-corrected chi connectivity index (χ1v) is 4.43. The van der Waals surface area contributed by atoms with Crippen molar-refractivity contribution in [3.63, 3.8) is 0 Å². The van der Waals surface area contributed by atoms with Gasteiger partial charge in [-0.3, -0.25) is 0 Å². The average Bonchev–Trinajstić information content (AvgIpc) is 2.48. The van der Waals surface area contributed by atoms with E-state index in [-0.39, 0.29) is 5.92 Å². The maximum Gasteiger partial charge on any atom is 0.125 e. The Labute approximate surface area is 67.9 Å². The summed E-state index contributed by atoms with van der Waals surface area (Å²) in [6.45, 7) is 2.82. The maximum absolute atomic E-state index is 10.3. The second kappa shape index (κ2) is 4.50. The molecule has 64 valence electrons. The molecule has 1 fully saturated rings. The Kier molecular flexibility index (Phi) is 3.57. The molecule has 0 saturated carbocycles. The quantitative estimate of drug-likeness (QED) is 0.580. The summed E-state index contributed by atoms with van der Waals surface area (Å²) < 4.78 is 5.43. The number of carbonyl (C=O) groups excluding carboxylic acids is 1. The maximum atomic E-state index is 10.3. The van der Waals surface area contributed by atoms with Crippen molar-refractivity contribution in [1.29, 1.82) is 0 Å². The molecular weight excluding hydrogens is 140 g/mol. The second-order valence-electron chi connectivity index (χ2n) is 3.23. The van der Waals surface area contributed by atoms with E-state index in [4.69, 9.17) is 4.74 Å². The molecule has 0 N–H and O–H groups in total. The Morgan fingerprint density at radius 3 is 3.00 bits per heavy atom. The van der Waals surface area contributed by atoms with Crippen LogP contribution >= 0.6 is 0 Å². The van der Waals surface area contributed by atoms with Crippen molar-refractivity contribution < 1.29 is 9.53 Å². The zero-order valence-electron chi connectivity index (χ0n) is 7.08. The molecule has 0 bridgehead atoms. The van der Waals surface area contributed by atoms with Crippen molar-refractivity contribution >= 4 is 6.29 Å². The first-order valence-electron chi connectivity index (χ1n) is 4.43. The second-order valence-corrected chi connectivity index (χ2v) is 3.23. The first-order chi connectivity index (χ1) is 5.36. The molecule has 2 atom stereocenters. The Hall–Kier alpha value is -0.370. The summed E-state index contributed by atoms with van der Waals surface area (Å²) in [7, 11) is 0. The van der Waals surface area contributed by atoms with Gasteiger partial charge in [0.15, 0.2) is 0 Å². The van der Waals surface area contributed by atoms with Crippen molar-refractivity contribution in [3.05, 3.63) is 0 Å². The van der Waals surface area contributed by atoms with E-state index in [1.54, 1.807) is 0 Å². The van der Waals surface area contributed by atoms with Gasteiger partial charge in [0.25, 0.3) is 0 Å². The molecule has 2 heteroatoms. The molecule has 1 rings (SSSR count). The normalized spacial score (nSPS) is 30.6. The highest BCUT2D eigenvalue weighted by Crippen LogP contribution is 2.21. The molecule has 0 spiro atoms. The molecule has 1 aliphatic rings. The van der Waals surface area contributed by atoms with E-state index in [2.05, 4.69) is 6.92 Å². The monoisotopic (exact) mass is 156 g/mol. The molecular formula is C9H16O2. The molecule has 2 unspecified atom stereocenters. The summed E-state index contributed by atoms with van der Waals surface area (Å²) in [4.78, 5) is 10.3. The predicted molar refractivity (Wildman–Crippen MR) is 43.4 cm³/mol. The van der Waals surface area contributed by atoms with Crippen LogP contribution < -0.4 is 0 Å². The fourth-order valence-electron chi connectivity index (χ4n) is 1.46. The average molecular weight is 156 g/mol. The van der Waals surface area contributed by atoms with E-state index in [1.165, 1.54) is 12.8 Å². The lowest BCUT2D eigenvalue weighted by Gasteiger charge is -2.06. The zero-order valence-corrected chi connectivity index (χ0v) is 7.08. The predicted octanol–water partition coefficient (Wildman–Crippen LogP) is 1.78. The van der Waals surface area contributed by atoms with Crippen LogP contribution in [0.1, 0.15) is 32.6 Å². The van der Waals surface area contributed by atoms with Crippen LogP contribution in [-0.2, 0) is 9.53 Å². The van der Waals surface area contributed by atoms with E-state index < -0.39 is 0 Å². The third kappa shape index (κ3) is 2.62. The Balaban J connectivity index is 2.14. The van der Waals surface area contributed by atoms with Crippen molar-refractivity contribution in [2.75, 3.05) is 6.61 Å². The van der Waals surface area contributed by atoms with Crippen molar-refractivity contribution in [2.45, 2.75) is 38.7 Å². The lowest BCUT2D eigenvalue weighted by Crippen LogP contribution is -2.04. The molecule has 1 saturated heterocycles. The number of hydrogen-bond acceptors (Lipinski definition) is 2. The number of carbonyl (C=O) groups is 1. The van der Waals surface area contributed by atoms with Crippen molar-refractivity contribution in [1.82, 2.24) is 0 Å². The fraction of sp³-hybridized carbons (Fsp3) is 0.889. The molecule has 0 amide bonds. The molecule has 0 aromatic heterocycles. The highest BCUT2D eigenvalue weighted by atomic mass is 16.5. The molecule has 11 heavy (non-hydrogen) atoms. The van der Waals surface area contributed by atoms with Gasteiger partial charge in [-0.2, -0.15) is 0 Å². The third-order valence-electron chi connectivity index (χ3n) is 2.18. The van der Waals surface area contributed by atoms with Gasteiger partial charge in [0.05, 0.1) is 12.7 Å². The van der Waals surface area contributed by atoms with Gasteiger partial charge in [-0.05, 0) is 12.8 Å². The van der Waals surface area contributed by atoms with E-state index >= 15 is 0 Å². The minimum absolute atomic E-state index is 0.178. The van der Waals surface area contributed by atoms with Gasteiger partial charge in [0.2, 0.25) is 0 Å². The number of unbranched alkanes of at least 4 members (excludes halogenated alkanes) is 1. The van der Waals surface area contributed by atoms with Crippen LogP contribution in [0, 0.1) is 5.92 Å². The van der Waals surface area contributed by atoms with Crippen molar-refractivity contribution in [3.8, 4) is 0 Å². The van der Waals surface area contributed by atoms with E-state index in [0.717, 1.165) is 19.1 Å². The summed E-state index contributed by atoms with van der Waals surface area (Å²) in [6.07, 6.45) is 5.89. The zero-order chi connectivity index (χ0) is 8.10. The van der Waals surface area contributed by atoms with Crippen LogP contribution in [0.4, 0.5) is 0 Å². The largest absolute Gasteiger partial charge is 0.377 e. The summed E-state index contributed by atoms with van der Waals surface area (Å²) in [6, 6.07) is 0. The van der Waals surface area contributed by atoms with Crippen LogP contribution in [0.3, 0.4) is 0 Å². The number of rotatable bonds is 4. The highest BCUT2D eigenvalue weighted by molar-refractivity contribution is 5.54. The Morgan fingerprint density at radius 2 is 2.45 bits per heavy atom. The minimum Gasteiger partial charge on any atom is -0.377 e. The van der Waals surface area contributed by atoms with Gasteiger partial charge in [0.1, 0.15) is 6.29 Å². The summed E-state index contributed by atoms with van der Waals surface area (Å²) in [5, 5.41) is 0. The molecule has 0 radical (unpaired) electrons. The summed E-state index contributed by atoms with van der Waals surface area (Å²) in [5.41, 5.74) is 0. The van der Waals surface area contributed by atoms with Gasteiger partial charge in [-0.15, -0.1) is 0 Å². The van der Waals surface area contributed by atoms with Crippen LogP contribution in [0.5, 0.6) is 0 Å². The fourth-order valence-corrected chi connectivity index (χ4v) is 1.46. The van der Waals surface area contributed by atoms with Crippen LogP contribution in [-0.4, -0.2) is 19.0 Å². The molecule has 2 nitrogen and oxygen atoms in total. The van der Waals surface area contributed by atoms with Crippen LogP contribution in [0.15, 0.2) is 0 Å². The summed E-state index contributed by atoms with van der Waals surface area (Å²) >= 11 is 0. The molecule has 1 aliphatic heterocycles. The van der Waals surface area contributed by atoms with Crippen LogP contribution in [0.2, 0.25) is 0 Å². The first kappa shape index (κ1) is 8.72. The van der Waals surface area contributed by atoms with Gasteiger partial charge in [-0.25, -0.2) is 0 Å².